The topological polar surface area (TPSA) is 84.5 Å². The summed E-state index contributed by atoms with van der Waals surface area (Å²) in [6.45, 7) is 1.15. The van der Waals surface area contributed by atoms with Crippen LogP contribution >= 0.6 is 0 Å². The Labute approximate surface area is 130 Å². The van der Waals surface area contributed by atoms with Crippen LogP contribution in [-0.2, 0) is 26.0 Å². The molecule has 22 heavy (non-hydrogen) atoms. The van der Waals surface area contributed by atoms with Crippen molar-refractivity contribution in [2.24, 2.45) is 0 Å². The zero-order valence-electron chi connectivity index (χ0n) is 12.3. The van der Waals surface area contributed by atoms with Crippen LogP contribution in [0, 0.1) is 0 Å². The molecule has 0 bridgehead atoms. The molecule has 7 heteroatoms. The number of carbonyl (C=O) groups excluding carboxylic acids is 1. The van der Waals surface area contributed by atoms with Crippen molar-refractivity contribution in [1.29, 1.82) is 0 Å². The van der Waals surface area contributed by atoms with Crippen LogP contribution in [0.3, 0.4) is 0 Å². The molecule has 1 fully saturated rings. The third-order valence-corrected chi connectivity index (χ3v) is 5.52. The van der Waals surface area contributed by atoms with Gasteiger partial charge in [0.2, 0.25) is 15.9 Å². The smallest absolute Gasteiger partial charge is 0.240 e. The largest absolute Gasteiger partial charge is 0.378 e. The summed E-state index contributed by atoms with van der Waals surface area (Å²) in [5.74, 6) is -0.0298. The summed E-state index contributed by atoms with van der Waals surface area (Å²) in [5.41, 5.74) is 1.57. The fourth-order valence-corrected chi connectivity index (χ4v) is 3.93. The van der Waals surface area contributed by atoms with Gasteiger partial charge in [-0.05, 0) is 49.4 Å². The summed E-state index contributed by atoms with van der Waals surface area (Å²) in [6.07, 6.45) is 3.87. The molecule has 1 amide bonds. The van der Waals surface area contributed by atoms with E-state index in [9.17, 15) is 13.2 Å². The molecule has 1 unspecified atom stereocenters. The number of aryl methyl sites for hydroxylation is 1. The number of ether oxygens (including phenoxy) is 1. The van der Waals surface area contributed by atoms with Crippen molar-refractivity contribution in [3.63, 3.8) is 0 Å². The first-order valence-corrected chi connectivity index (χ1v) is 9.07. The van der Waals surface area contributed by atoms with E-state index in [4.69, 9.17) is 4.74 Å². The Kier molecular flexibility index (Phi) is 4.46. The number of fused-ring (bicyclic) bond motifs is 1. The highest BCUT2D eigenvalue weighted by atomic mass is 32.2. The van der Waals surface area contributed by atoms with Gasteiger partial charge in [0.15, 0.2) is 0 Å². The van der Waals surface area contributed by atoms with Gasteiger partial charge < -0.3 is 10.1 Å². The maximum Gasteiger partial charge on any atom is 0.240 e. The fourth-order valence-electron chi connectivity index (χ4n) is 2.84. The number of hydrogen-bond donors (Lipinski definition) is 2. The van der Waals surface area contributed by atoms with E-state index >= 15 is 0 Å². The number of amides is 1. The number of hydrogen-bond acceptors (Lipinski definition) is 4. The van der Waals surface area contributed by atoms with Gasteiger partial charge in [-0.3, -0.25) is 4.79 Å². The van der Waals surface area contributed by atoms with Crippen LogP contribution in [0.25, 0.3) is 0 Å². The minimum Gasteiger partial charge on any atom is -0.378 e. The average Bonchev–Trinajstić information content (AvgIpc) is 2.99. The van der Waals surface area contributed by atoms with Crippen LogP contribution in [0.15, 0.2) is 23.1 Å². The normalized spacial score (nSPS) is 21.5. The van der Waals surface area contributed by atoms with Crippen LogP contribution < -0.4 is 10.0 Å². The van der Waals surface area contributed by atoms with E-state index in [0.29, 0.717) is 31.5 Å². The quantitative estimate of drug-likeness (QED) is 0.858. The van der Waals surface area contributed by atoms with E-state index in [0.717, 1.165) is 25.0 Å². The molecule has 1 aromatic rings. The first-order chi connectivity index (χ1) is 10.5. The molecule has 1 atom stereocenters. The Morgan fingerprint density at radius 2 is 2.18 bits per heavy atom. The number of anilines is 1. The minimum absolute atomic E-state index is 0.0298. The SMILES string of the molecule is O=C1CCc2cc(S(=O)(=O)NCCC3CCCO3)ccc2N1. The van der Waals surface area contributed by atoms with Gasteiger partial charge in [0.05, 0.1) is 11.0 Å². The molecule has 2 heterocycles. The van der Waals surface area contributed by atoms with Crippen molar-refractivity contribution in [3.8, 4) is 0 Å². The van der Waals surface area contributed by atoms with E-state index in [1.54, 1.807) is 12.1 Å². The Balaban J connectivity index is 1.65. The van der Waals surface area contributed by atoms with Gasteiger partial charge in [-0.2, -0.15) is 0 Å². The third kappa shape index (κ3) is 3.48. The van der Waals surface area contributed by atoms with E-state index < -0.39 is 10.0 Å². The lowest BCUT2D eigenvalue weighted by Crippen LogP contribution is -2.27. The van der Waals surface area contributed by atoms with Gasteiger partial charge in [0, 0.05) is 25.3 Å². The van der Waals surface area contributed by atoms with Crippen LogP contribution in [0.4, 0.5) is 5.69 Å². The summed E-state index contributed by atoms with van der Waals surface area (Å²) >= 11 is 0. The second-order valence-corrected chi connectivity index (χ2v) is 7.46. The first-order valence-electron chi connectivity index (χ1n) is 7.59. The zero-order chi connectivity index (χ0) is 15.6. The highest BCUT2D eigenvalue weighted by Crippen LogP contribution is 2.25. The number of benzene rings is 1. The molecule has 3 rings (SSSR count). The van der Waals surface area contributed by atoms with E-state index in [1.807, 2.05) is 0 Å². The number of nitrogens with one attached hydrogen (secondary N) is 2. The lowest BCUT2D eigenvalue weighted by molar-refractivity contribution is -0.116. The molecule has 1 saturated heterocycles. The predicted octanol–water partition coefficient (Wildman–Crippen LogP) is 1.42. The predicted molar refractivity (Wildman–Crippen MR) is 82.2 cm³/mol. The third-order valence-electron chi connectivity index (χ3n) is 4.06. The maximum absolute atomic E-state index is 12.3. The Morgan fingerprint density at radius 3 is 2.95 bits per heavy atom. The van der Waals surface area contributed by atoms with Crippen molar-refractivity contribution >= 4 is 21.6 Å². The molecule has 120 valence electrons. The monoisotopic (exact) mass is 324 g/mol. The molecule has 2 aliphatic heterocycles. The zero-order valence-corrected chi connectivity index (χ0v) is 13.1. The standard InChI is InChI=1S/C15H20N2O4S/c18-15-6-3-11-10-13(4-5-14(11)17-15)22(19,20)16-8-7-12-2-1-9-21-12/h4-5,10,12,16H,1-3,6-9H2,(H,17,18). The summed E-state index contributed by atoms with van der Waals surface area (Å²) < 4.78 is 32.7. The number of rotatable bonds is 5. The second-order valence-electron chi connectivity index (χ2n) is 5.69. The van der Waals surface area contributed by atoms with Crippen LogP contribution in [0.5, 0.6) is 0 Å². The fraction of sp³-hybridized carbons (Fsp3) is 0.533. The van der Waals surface area contributed by atoms with Gasteiger partial charge in [0.25, 0.3) is 0 Å². The average molecular weight is 324 g/mol. The van der Waals surface area contributed by atoms with Crippen LogP contribution in [0.1, 0.15) is 31.2 Å². The molecular formula is C15H20N2O4S. The lowest BCUT2D eigenvalue weighted by Gasteiger charge is -2.18. The van der Waals surface area contributed by atoms with Gasteiger partial charge in [0.1, 0.15) is 0 Å². The molecule has 0 aromatic heterocycles. The van der Waals surface area contributed by atoms with Crippen molar-refractivity contribution in [1.82, 2.24) is 4.72 Å². The molecule has 0 aliphatic carbocycles. The summed E-state index contributed by atoms with van der Waals surface area (Å²) in [4.78, 5) is 11.6. The Morgan fingerprint density at radius 1 is 1.32 bits per heavy atom. The van der Waals surface area contributed by atoms with Gasteiger partial charge in [-0.1, -0.05) is 0 Å². The van der Waals surface area contributed by atoms with Crippen molar-refractivity contribution in [3.05, 3.63) is 23.8 Å². The maximum atomic E-state index is 12.3. The molecular weight excluding hydrogens is 304 g/mol. The summed E-state index contributed by atoms with van der Waals surface area (Å²) in [7, 11) is -3.52. The van der Waals surface area contributed by atoms with Crippen molar-refractivity contribution in [2.45, 2.75) is 43.1 Å². The lowest BCUT2D eigenvalue weighted by atomic mass is 10.0. The summed E-state index contributed by atoms with van der Waals surface area (Å²) in [6, 6.07) is 4.82. The van der Waals surface area contributed by atoms with E-state index in [-0.39, 0.29) is 16.9 Å². The molecule has 6 nitrogen and oxygen atoms in total. The van der Waals surface area contributed by atoms with Crippen molar-refractivity contribution < 1.29 is 17.9 Å². The highest BCUT2D eigenvalue weighted by molar-refractivity contribution is 7.89. The van der Waals surface area contributed by atoms with Gasteiger partial charge in [-0.15, -0.1) is 0 Å². The van der Waals surface area contributed by atoms with E-state index in [1.165, 1.54) is 6.07 Å². The minimum atomic E-state index is -3.52. The number of carbonyl (C=O) groups is 1. The molecule has 0 radical (unpaired) electrons. The Hall–Kier alpha value is -1.44. The van der Waals surface area contributed by atoms with Crippen LogP contribution in [-0.4, -0.2) is 33.6 Å². The van der Waals surface area contributed by atoms with E-state index in [2.05, 4.69) is 10.0 Å². The second kappa shape index (κ2) is 6.36. The molecule has 2 aliphatic rings. The summed E-state index contributed by atoms with van der Waals surface area (Å²) in [5, 5.41) is 2.75. The Bertz CT molecular complexity index is 666. The molecule has 1 aromatic carbocycles. The molecule has 2 N–H and O–H groups in total. The molecule has 0 spiro atoms. The van der Waals surface area contributed by atoms with Crippen LogP contribution in [0.2, 0.25) is 0 Å². The van der Waals surface area contributed by atoms with Crippen molar-refractivity contribution in [2.75, 3.05) is 18.5 Å². The van der Waals surface area contributed by atoms with Gasteiger partial charge >= 0.3 is 0 Å². The molecule has 0 saturated carbocycles. The van der Waals surface area contributed by atoms with Gasteiger partial charge in [-0.25, -0.2) is 13.1 Å². The highest BCUT2D eigenvalue weighted by Gasteiger charge is 2.21. The first kappa shape index (κ1) is 15.5. The number of sulfonamides is 1.